The van der Waals surface area contributed by atoms with Gasteiger partial charge >= 0.3 is 0 Å². The molecule has 2 fully saturated rings. The number of hydrogen-bond donors (Lipinski definition) is 1. The number of carbonyl (C=O) groups is 1. The fourth-order valence-corrected chi connectivity index (χ4v) is 5.02. The van der Waals surface area contributed by atoms with Crippen LogP contribution < -0.4 is 10.2 Å². The van der Waals surface area contributed by atoms with E-state index in [1.165, 1.54) is 44.9 Å². The molecule has 1 aromatic heterocycles. The molecule has 4 nitrogen and oxygen atoms in total. The van der Waals surface area contributed by atoms with Gasteiger partial charge in [-0.15, -0.1) is 0 Å². The van der Waals surface area contributed by atoms with Crippen molar-refractivity contribution in [3.05, 3.63) is 23.8 Å². The van der Waals surface area contributed by atoms with Crippen molar-refractivity contribution in [2.75, 3.05) is 18.0 Å². The van der Waals surface area contributed by atoms with E-state index in [9.17, 15) is 4.79 Å². The summed E-state index contributed by atoms with van der Waals surface area (Å²) in [5, 5.41) is 4.35. The number of piperidine rings is 1. The first-order valence-electron chi connectivity index (χ1n) is 9.76. The first-order valence-corrected chi connectivity index (χ1v) is 10.6. The van der Waals surface area contributed by atoms with Gasteiger partial charge in [0.1, 0.15) is 0 Å². The summed E-state index contributed by atoms with van der Waals surface area (Å²) >= 11 is 1.72. The van der Waals surface area contributed by atoms with Crippen molar-refractivity contribution >= 4 is 32.6 Å². The van der Waals surface area contributed by atoms with E-state index in [-0.39, 0.29) is 5.91 Å². The monoisotopic (exact) mass is 357 g/mol. The number of nitrogens with zero attached hydrogens (tertiary/aromatic N) is 2. The maximum atomic E-state index is 12.6. The van der Waals surface area contributed by atoms with E-state index in [1.807, 2.05) is 18.2 Å². The van der Waals surface area contributed by atoms with Gasteiger partial charge in [-0.25, -0.2) is 4.98 Å². The van der Waals surface area contributed by atoms with E-state index in [0.29, 0.717) is 6.04 Å². The summed E-state index contributed by atoms with van der Waals surface area (Å²) < 4.78 is 1.12. The van der Waals surface area contributed by atoms with Gasteiger partial charge in [-0.2, -0.15) is 0 Å². The Bertz CT molecular complexity index is 728. The first kappa shape index (κ1) is 16.8. The van der Waals surface area contributed by atoms with E-state index in [2.05, 4.69) is 10.2 Å². The highest BCUT2D eigenvalue weighted by Crippen LogP contribution is 2.31. The predicted molar refractivity (Wildman–Crippen MR) is 105 cm³/mol. The summed E-state index contributed by atoms with van der Waals surface area (Å²) in [7, 11) is 0. The van der Waals surface area contributed by atoms with Crippen LogP contribution in [0.1, 0.15) is 68.1 Å². The molecule has 1 N–H and O–H groups in total. The molecule has 0 atom stereocenters. The van der Waals surface area contributed by atoms with Crippen LogP contribution in [0.3, 0.4) is 0 Å². The smallest absolute Gasteiger partial charge is 0.251 e. The minimum atomic E-state index is 0.0710. The Balaban J connectivity index is 1.48. The second-order valence-corrected chi connectivity index (χ2v) is 8.40. The molecule has 0 spiro atoms. The molecule has 2 heterocycles. The summed E-state index contributed by atoms with van der Waals surface area (Å²) in [5.41, 5.74) is 1.78. The number of fused-ring (bicyclic) bond motifs is 1. The average Bonchev–Trinajstić information content (AvgIpc) is 2.91. The van der Waals surface area contributed by atoms with Crippen LogP contribution in [0, 0.1) is 0 Å². The summed E-state index contributed by atoms with van der Waals surface area (Å²) in [6, 6.07) is 6.29. The highest BCUT2D eigenvalue weighted by Gasteiger charge is 2.18. The van der Waals surface area contributed by atoms with E-state index in [0.717, 1.165) is 46.8 Å². The summed E-state index contributed by atoms with van der Waals surface area (Å²) in [6.45, 7) is 2.21. The maximum absolute atomic E-state index is 12.6. The van der Waals surface area contributed by atoms with Crippen LogP contribution in [0.4, 0.5) is 5.13 Å². The Hall–Kier alpha value is -1.62. The molecular formula is C20H27N3OS. The van der Waals surface area contributed by atoms with Crippen molar-refractivity contribution < 1.29 is 4.79 Å². The van der Waals surface area contributed by atoms with Gasteiger partial charge in [0.05, 0.1) is 10.2 Å². The van der Waals surface area contributed by atoms with Gasteiger partial charge in [0.2, 0.25) is 0 Å². The topological polar surface area (TPSA) is 45.2 Å². The second kappa shape index (κ2) is 7.73. The minimum Gasteiger partial charge on any atom is -0.349 e. The third-order valence-electron chi connectivity index (χ3n) is 5.46. The predicted octanol–water partition coefficient (Wildman–Crippen LogP) is 4.74. The zero-order valence-electron chi connectivity index (χ0n) is 14.8. The lowest BCUT2D eigenvalue weighted by atomic mass is 10.1. The van der Waals surface area contributed by atoms with Crippen LogP contribution in [-0.2, 0) is 0 Å². The van der Waals surface area contributed by atoms with Gasteiger partial charge < -0.3 is 10.2 Å². The van der Waals surface area contributed by atoms with Gasteiger partial charge in [0.15, 0.2) is 5.13 Å². The summed E-state index contributed by atoms with van der Waals surface area (Å²) in [4.78, 5) is 19.8. The van der Waals surface area contributed by atoms with Crippen LogP contribution in [0.2, 0.25) is 0 Å². The van der Waals surface area contributed by atoms with Crippen LogP contribution >= 0.6 is 11.3 Å². The third-order valence-corrected chi connectivity index (χ3v) is 6.54. The Labute approximate surface area is 153 Å². The number of anilines is 1. The standard InChI is InChI=1S/C20H27N3OS/c24-19(21-16-8-4-1-2-5-9-16)15-10-11-17-18(14-15)25-20(22-17)23-12-6-3-7-13-23/h10-11,14,16H,1-9,12-13H2,(H,21,24). The molecule has 134 valence electrons. The first-order chi connectivity index (χ1) is 12.3. The quantitative estimate of drug-likeness (QED) is 0.807. The zero-order valence-corrected chi connectivity index (χ0v) is 15.6. The van der Waals surface area contributed by atoms with Crippen molar-refractivity contribution in [1.29, 1.82) is 0 Å². The Morgan fingerprint density at radius 1 is 1.04 bits per heavy atom. The van der Waals surface area contributed by atoms with Crippen LogP contribution in [0.25, 0.3) is 10.2 Å². The normalized spacial score (nSPS) is 19.8. The largest absolute Gasteiger partial charge is 0.349 e. The molecule has 25 heavy (non-hydrogen) atoms. The summed E-state index contributed by atoms with van der Waals surface area (Å²) in [5.74, 6) is 0.0710. The van der Waals surface area contributed by atoms with E-state index in [4.69, 9.17) is 4.98 Å². The van der Waals surface area contributed by atoms with E-state index < -0.39 is 0 Å². The second-order valence-electron chi connectivity index (χ2n) is 7.39. The van der Waals surface area contributed by atoms with Gasteiger partial charge in [-0.05, 0) is 50.3 Å². The number of nitrogens with one attached hydrogen (secondary N) is 1. The van der Waals surface area contributed by atoms with Crippen molar-refractivity contribution in [2.45, 2.75) is 63.8 Å². The molecule has 4 rings (SSSR count). The van der Waals surface area contributed by atoms with Crippen molar-refractivity contribution in [2.24, 2.45) is 0 Å². The van der Waals surface area contributed by atoms with Gasteiger partial charge in [0.25, 0.3) is 5.91 Å². The van der Waals surface area contributed by atoms with E-state index in [1.54, 1.807) is 11.3 Å². The van der Waals surface area contributed by atoms with Crippen LogP contribution in [-0.4, -0.2) is 30.0 Å². The van der Waals surface area contributed by atoms with Crippen molar-refractivity contribution in [3.8, 4) is 0 Å². The van der Waals surface area contributed by atoms with Gasteiger partial charge in [-0.1, -0.05) is 37.0 Å². The van der Waals surface area contributed by atoms with Gasteiger partial charge in [0, 0.05) is 24.7 Å². The number of carbonyl (C=O) groups excluding carboxylic acids is 1. The highest BCUT2D eigenvalue weighted by atomic mass is 32.1. The van der Waals surface area contributed by atoms with Crippen molar-refractivity contribution in [1.82, 2.24) is 10.3 Å². The molecule has 1 saturated carbocycles. The number of hydrogen-bond acceptors (Lipinski definition) is 4. The summed E-state index contributed by atoms with van der Waals surface area (Å²) in [6.07, 6.45) is 11.1. The molecular weight excluding hydrogens is 330 g/mol. The number of aromatic nitrogens is 1. The Morgan fingerprint density at radius 2 is 1.76 bits per heavy atom. The lowest BCUT2D eigenvalue weighted by Crippen LogP contribution is -2.34. The lowest BCUT2D eigenvalue weighted by Gasteiger charge is -2.25. The highest BCUT2D eigenvalue weighted by molar-refractivity contribution is 7.22. The SMILES string of the molecule is O=C(NC1CCCCCC1)c1ccc2nc(N3CCCCC3)sc2c1. The number of benzene rings is 1. The van der Waals surface area contributed by atoms with Crippen LogP contribution in [0.5, 0.6) is 0 Å². The zero-order chi connectivity index (χ0) is 17.1. The maximum Gasteiger partial charge on any atom is 0.251 e. The molecule has 1 aliphatic carbocycles. The molecule has 2 aliphatic rings. The van der Waals surface area contributed by atoms with Crippen LogP contribution in [0.15, 0.2) is 18.2 Å². The fraction of sp³-hybridized carbons (Fsp3) is 0.600. The molecule has 1 saturated heterocycles. The van der Waals surface area contributed by atoms with Gasteiger partial charge in [-0.3, -0.25) is 4.79 Å². The molecule has 5 heteroatoms. The molecule has 1 aromatic carbocycles. The van der Waals surface area contributed by atoms with E-state index >= 15 is 0 Å². The molecule has 1 amide bonds. The molecule has 0 bridgehead atoms. The Morgan fingerprint density at radius 3 is 2.52 bits per heavy atom. The average molecular weight is 358 g/mol. The number of amides is 1. The number of rotatable bonds is 3. The minimum absolute atomic E-state index is 0.0710. The molecule has 2 aromatic rings. The number of thiazole rings is 1. The molecule has 0 unspecified atom stereocenters. The fourth-order valence-electron chi connectivity index (χ4n) is 3.97. The molecule has 1 aliphatic heterocycles. The Kier molecular flexibility index (Phi) is 5.20. The third kappa shape index (κ3) is 3.97. The van der Waals surface area contributed by atoms with Crippen molar-refractivity contribution in [3.63, 3.8) is 0 Å². The lowest BCUT2D eigenvalue weighted by molar-refractivity contribution is 0.0933. The molecule has 0 radical (unpaired) electrons.